The first-order valence-electron chi connectivity index (χ1n) is 3.97. The van der Waals surface area contributed by atoms with Crippen molar-refractivity contribution in [3.05, 3.63) is 22.5 Å². The van der Waals surface area contributed by atoms with Crippen LogP contribution in [0.3, 0.4) is 0 Å². The molecule has 0 saturated heterocycles. The fourth-order valence-electron chi connectivity index (χ4n) is 1.03. The number of amides is 1. The quantitative estimate of drug-likeness (QED) is 0.395. The van der Waals surface area contributed by atoms with Crippen LogP contribution in [0, 0.1) is 22.5 Å². The molecule has 0 fully saturated rings. The van der Waals surface area contributed by atoms with Crippen molar-refractivity contribution in [1.82, 2.24) is 9.66 Å². The van der Waals surface area contributed by atoms with Crippen molar-refractivity contribution in [3.8, 4) is 12.3 Å². The molecule has 0 aromatic carbocycles. The SMILES string of the molecule is C#CCN(C(C)=O)n1ccnc1[N+](=O)[O-]. The number of hydrogen-bond donors (Lipinski definition) is 0. The van der Waals surface area contributed by atoms with E-state index < -0.39 is 16.8 Å². The molecular weight excluding hydrogens is 200 g/mol. The number of nitrogens with zero attached hydrogens (tertiary/aromatic N) is 4. The molecule has 0 aliphatic carbocycles. The molecule has 0 N–H and O–H groups in total. The summed E-state index contributed by atoms with van der Waals surface area (Å²) in [6, 6.07) is 0. The topological polar surface area (TPSA) is 81.3 Å². The van der Waals surface area contributed by atoms with Crippen molar-refractivity contribution in [1.29, 1.82) is 0 Å². The number of hydrogen-bond acceptors (Lipinski definition) is 4. The van der Waals surface area contributed by atoms with Crippen LogP contribution >= 0.6 is 0 Å². The molecule has 1 heterocycles. The average Bonchev–Trinajstić information content (AvgIpc) is 2.61. The van der Waals surface area contributed by atoms with Crippen molar-refractivity contribution in [2.45, 2.75) is 6.92 Å². The third kappa shape index (κ3) is 2.11. The summed E-state index contributed by atoms with van der Waals surface area (Å²) >= 11 is 0. The van der Waals surface area contributed by atoms with Crippen LogP contribution in [0.5, 0.6) is 0 Å². The third-order valence-electron chi connectivity index (χ3n) is 1.63. The first-order chi connectivity index (χ1) is 7.07. The van der Waals surface area contributed by atoms with Gasteiger partial charge in [-0.1, -0.05) is 10.9 Å². The molecule has 0 aliphatic rings. The third-order valence-corrected chi connectivity index (χ3v) is 1.63. The van der Waals surface area contributed by atoms with Crippen LogP contribution in [0.25, 0.3) is 0 Å². The van der Waals surface area contributed by atoms with Crippen LogP contribution in [0.2, 0.25) is 0 Å². The van der Waals surface area contributed by atoms with Gasteiger partial charge in [0.15, 0.2) is 0 Å². The second-order valence-electron chi connectivity index (χ2n) is 2.61. The molecule has 0 unspecified atom stereocenters. The molecule has 0 spiro atoms. The molecule has 7 nitrogen and oxygen atoms in total. The van der Waals surface area contributed by atoms with Gasteiger partial charge in [-0.05, 0) is 4.92 Å². The second kappa shape index (κ2) is 4.23. The van der Waals surface area contributed by atoms with Gasteiger partial charge in [-0.25, -0.2) is 0 Å². The maximum absolute atomic E-state index is 11.2. The number of rotatable bonds is 3. The summed E-state index contributed by atoms with van der Waals surface area (Å²) in [7, 11) is 0. The van der Waals surface area contributed by atoms with Gasteiger partial charge in [-0.15, -0.1) is 11.1 Å². The molecule has 1 aromatic rings. The van der Waals surface area contributed by atoms with Crippen molar-refractivity contribution in [2.24, 2.45) is 0 Å². The van der Waals surface area contributed by atoms with Gasteiger partial charge >= 0.3 is 5.95 Å². The molecule has 0 atom stereocenters. The Morgan fingerprint density at radius 3 is 3.00 bits per heavy atom. The van der Waals surface area contributed by atoms with Gasteiger partial charge < -0.3 is 10.1 Å². The Balaban J connectivity index is 3.12. The van der Waals surface area contributed by atoms with Gasteiger partial charge in [0.2, 0.25) is 5.91 Å². The van der Waals surface area contributed by atoms with Crippen LogP contribution in [-0.4, -0.2) is 27.0 Å². The van der Waals surface area contributed by atoms with E-state index in [1.165, 1.54) is 19.3 Å². The van der Waals surface area contributed by atoms with Crippen molar-refractivity contribution >= 4 is 11.9 Å². The Labute approximate surface area is 85.4 Å². The van der Waals surface area contributed by atoms with Crippen molar-refractivity contribution in [2.75, 3.05) is 11.6 Å². The number of imidazole rings is 1. The molecule has 1 rings (SSSR count). The predicted molar refractivity (Wildman–Crippen MR) is 51.5 cm³/mol. The highest BCUT2D eigenvalue weighted by Gasteiger charge is 2.22. The Bertz CT molecular complexity index is 431. The molecular formula is C8H8N4O3. The van der Waals surface area contributed by atoms with Crippen LogP contribution < -0.4 is 5.01 Å². The van der Waals surface area contributed by atoms with Crippen LogP contribution in [0.15, 0.2) is 12.4 Å². The van der Waals surface area contributed by atoms with E-state index in [4.69, 9.17) is 6.42 Å². The summed E-state index contributed by atoms with van der Waals surface area (Å²) in [4.78, 5) is 24.5. The zero-order valence-corrected chi connectivity index (χ0v) is 7.95. The Morgan fingerprint density at radius 1 is 1.87 bits per heavy atom. The highest BCUT2D eigenvalue weighted by Crippen LogP contribution is 2.08. The van der Waals surface area contributed by atoms with E-state index >= 15 is 0 Å². The van der Waals surface area contributed by atoms with Crippen LogP contribution in [0.4, 0.5) is 5.95 Å². The van der Waals surface area contributed by atoms with E-state index in [9.17, 15) is 14.9 Å². The lowest BCUT2D eigenvalue weighted by Gasteiger charge is -2.15. The first-order valence-corrected chi connectivity index (χ1v) is 3.97. The fourth-order valence-corrected chi connectivity index (χ4v) is 1.03. The Kier molecular flexibility index (Phi) is 3.03. The fraction of sp³-hybridized carbons (Fsp3) is 0.250. The highest BCUT2D eigenvalue weighted by atomic mass is 16.6. The zero-order chi connectivity index (χ0) is 11.4. The first kappa shape index (κ1) is 10.7. The van der Waals surface area contributed by atoms with Gasteiger partial charge in [0.25, 0.3) is 0 Å². The summed E-state index contributed by atoms with van der Waals surface area (Å²) in [6.07, 6.45) is 7.58. The molecule has 0 saturated carbocycles. The second-order valence-corrected chi connectivity index (χ2v) is 2.61. The smallest absolute Gasteiger partial charge is 0.390 e. The molecule has 1 amide bonds. The summed E-state index contributed by atoms with van der Waals surface area (Å²) in [5.74, 6) is 1.40. The largest absolute Gasteiger partial charge is 0.457 e. The summed E-state index contributed by atoms with van der Waals surface area (Å²) in [6.45, 7) is 1.22. The van der Waals surface area contributed by atoms with Crippen molar-refractivity contribution < 1.29 is 9.72 Å². The lowest BCUT2D eigenvalue weighted by atomic mass is 10.6. The average molecular weight is 208 g/mol. The van der Waals surface area contributed by atoms with E-state index in [1.54, 1.807) is 0 Å². The molecule has 0 radical (unpaired) electrons. The van der Waals surface area contributed by atoms with Gasteiger partial charge in [0, 0.05) is 6.92 Å². The number of nitro groups is 1. The minimum Gasteiger partial charge on any atom is -0.390 e. The molecule has 7 heteroatoms. The number of aromatic nitrogens is 2. The number of carbonyl (C=O) groups is 1. The number of carbonyl (C=O) groups excluding carboxylic acids is 1. The van der Waals surface area contributed by atoms with Gasteiger partial charge in [0.1, 0.15) is 18.9 Å². The molecule has 0 bridgehead atoms. The van der Waals surface area contributed by atoms with Gasteiger partial charge in [0.05, 0.1) is 0 Å². The monoisotopic (exact) mass is 208 g/mol. The Morgan fingerprint density at radius 2 is 2.53 bits per heavy atom. The van der Waals surface area contributed by atoms with E-state index in [-0.39, 0.29) is 6.54 Å². The maximum atomic E-state index is 11.2. The minimum atomic E-state index is -0.688. The van der Waals surface area contributed by atoms with Gasteiger partial charge in [-0.2, -0.15) is 5.01 Å². The normalized spacial score (nSPS) is 9.33. The minimum absolute atomic E-state index is 0.0491. The van der Waals surface area contributed by atoms with Gasteiger partial charge in [-0.3, -0.25) is 4.79 Å². The molecule has 15 heavy (non-hydrogen) atoms. The zero-order valence-electron chi connectivity index (χ0n) is 7.95. The van der Waals surface area contributed by atoms with E-state index in [0.717, 1.165) is 9.69 Å². The lowest BCUT2D eigenvalue weighted by molar-refractivity contribution is -0.396. The van der Waals surface area contributed by atoms with Crippen molar-refractivity contribution in [3.63, 3.8) is 0 Å². The van der Waals surface area contributed by atoms with E-state index in [2.05, 4.69) is 10.9 Å². The van der Waals surface area contributed by atoms with Crippen LogP contribution in [0.1, 0.15) is 6.92 Å². The summed E-state index contributed by atoms with van der Waals surface area (Å²) < 4.78 is 1.02. The van der Waals surface area contributed by atoms with E-state index in [0.29, 0.717) is 0 Å². The predicted octanol–water partition coefficient (Wildman–Crippen LogP) is -0.0910. The standard InChI is InChI=1S/C8H8N4O3/c1-3-5-10(7(2)13)11-6-4-9-8(11)12(14)15/h1,4,6H,5H2,2H3. The molecule has 0 aliphatic heterocycles. The molecule has 78 valence electrons. The van der Waals surface area contributed by atoms with E-state index in [1.807, 2.05) is 0 Å². The molecule has 1 aromatic heterocycles. The summed E-state index contributed by atoms with van der Waals surface area (Å²) in [5.41, 5.74) is 0. The lowest BCUT2D eigenvalue weighted by Crippen LogP contribution is -2.39. The Hall–Kier alpha value is -2.36. The number of terminal acetylenes is 1. The summed E-state index contributed by atoms with van der Waals surface area (Å²) in [5, 5.41) is 11.6. The maximum Gasteiger partial charge on any atom is 0.457 e. The van der Waals surface area contributed by atoms with Crippen LogP contribution in [-0.2, 0) is 4.79 Å². The highest BCUT2D eigenvalue weighted by molar-refractivity contribution is 5.84.